The molecule has 68 heavy (non-hydrogen) atoms. The quantitative estimate of drug-likeness (QED) is 0.0463. The zero-order chi connectivity index (χ0) is 51.3. The maximum atomic E-state index is 13.9. The number of fused-ring (bicyclic) bond motifs is 1. The van der Waals surface area contributed by atoms with Gasteiger partial charge >= 0.3 is 18.3 Å². The molecule has 1 saturated heterocycles. The van der Waals surface area contributed by atoms with Gasteiger partial charge in [0.2, 0.25) is 0 Å². The Kier molecular flexibility index (Phi) is 18.5. The number of nitrogens with zero attached hydrogens (tertiary/aromatic N) is 8. The summed E-state index contributed by atoms with van der Waals surface area (Å²) in [5, 5.41) is 6.38. The maximum absolute atomic E-state index is 13.9. The first-order valence-corrected chi connectivity index (χ1v) is 31.9. The van der Waals surface area contributed by atoms with Crippen LogP contribution in [0.2, 0.25) is 51.4 Å². The fourth-order valence-electron chi connectivity index (χ4n) is 7.47. The van der Waals surface area contributed by atoms with E-state index < -0.39 is 51.0 Å². The SMILES string of the molecule is CCC(=O)N(C(=O)OC(C)(C)C)N(C(=O)OC(C)(C)C)c1ccc(-c2cnn3c(N(COCC[Si](C)(C)C)COCC[Si](C)(C)C)c(Br)c([C@@H]4C[C@@H](C)N(C(=O)OC(C)(C)C)[C@@H](C)C4)nc23)cn1. The number of carbonyl (C=O) groups is 4. The van der Waals surface area contributed by atoms with Crippen LogP contribution < -0.4 is 9.91 Å². The van der Waals surface area contributed by atoms with E-state index >= 15 is 0 Å². The van der Waals surface area contributed by atoms with Crippen LogP contribution in [0.4, 0.5) is 26.0 Å². The molecule has 4 heterocycles. The van der Waals surface area contributed by atoms with E-state index in [1.807, 2.05) is 44.4 Å². The summed E-state index contributed by atoms with van der Waals surface area (Å²) in [7, 11) is -2.80. The van der Waals surface area contributed by atoms with Crippen LogP contribution in [0, 0.1) is 0 Å². The monoisotopic (exact) mass is 1050 g/mol. The number of aromatic nitrogens is 4. The van der Waals surface area contributed by atoms with E-state index in [1.54, 1.807) is 65.2 Å². The van der Waals surface area contributed by atoms with E-state index in [2.05, 4.69) is 60.2 Å². The fourth-order valence-corrected chi connectivity index (χ4v) is 9.81. The molecule has 0 unspecified atom stereocenters. The van der Waals surface area contributed by atoms with Crippen molar-refractivity contribution in [1.82, 2.24) is 29.5 Å². The standard InChI is InChI=1S/C48H79BrN8O9Si2/c1-19-38(58)57(45(61)66-48(10,11)12)56(44(60)65-47(7,8)9)37-21-20-34(28-50-37)36-29-51-55-41(36)52-40(35-26-32(2)54(33(3)27-35)43(59)64-46(4,5)6)39(49)42(55)53(30-62-22-24-67(13,14)15)31-63-23-25-68(16,17)18/h20-21,28-29,32-33,35H,19,22-27,30-31H2,1-18H3/t32-,33+,35-. The second-order valence-electron chi connectivity index (χ2n) is 23.2. The lowest BCUT2D eigenvalue weighted by Gasteiger charge is -2.43. The zero-order valence-electron chi connectivity index (χ0n) is 44.0. The average Bonchev–Trinajstić information content (AvgIpc) is 3.59. The molecule has 4 amide bonds. The number of likely N-dealkylation sites (tertiary alicyclic amines) is 1. The van der Waals surface area contributed by atoms with Gasteiger partial charge in [0.05, 0.1) is 16.4 Å². The van der Waals surface area contributed by atoms with Crippen molar-refractivity contribution in [3.8, 4) is 11.1 Å². The second-order valence-corrected chi connectivity index (χ2v) is 35.2. The first-order valence-electron chi connectivity index (χ1n) is 23.7. The molecule has 3 atom stereocenters. The Hall–Kier alpha value is -4.12. The number of hydrogen-bond donors (Lipinski definition) is 0. The Labute approximate surface area is 415 Å². The van der Waals surface area contributed by atoms with Gasteiger partial charge in [-0.3, -0.25) is 4.79 Å². The molecule has 0 saturated carbocycles. The number of pyridine rings is 1. The molecule has 1 aliphatic heterocycles. The minimum atomic E-state index is -1.40. The number of halogens is 1. The van der Waals surface area contributed by atoms with Crippen molar-refractivity contribution in [3.05, 3.63) is 34.7 Å². The van der Waals surface area contributed by atoms with Crippen LogP contribution in [0.5, 0.6) is 0 Å². The fraction of sp³-hybridized carbons (Fsp3) is 0.688. The molecule has 0 aliphatic carbocycles. The summed E-state index contributed by atoms with van der Waals surface area (Å²) in [6.45, 7) is 36.9. The predicted molar refractivity (Wildman–Crippen MR) is 275 cm³/mol. The molecule has 0 spiro atoms. The van der Waals surface area contributed by atoms with Crippen molar-refractivity contribution in [2.75, 3.05) is 36.6 Å². The number of rotatable bonds is 15. The van der Waals surface area contributed by atoms with Crippen molar-refractivity contribution >= 4 is 73.5 Å². The van der Waals surface area contributed by atoms with Crippen molar-refractivity contribution < 1.29 is 42.9 Å². The molecule has 1 aliphatic rings. The van der Waals surface area contributed by atoms with E-state index in [9.17, 15) is 19.2 Å². The molecule has 4 rings (SSSR count). The van der Waals surface area contributed by atoms with Crippen LogP contribution in [0.1, 0.15) is 114 Å². The van der Waals surface area contributed by atoms with Crippen molar-refractivity contribution in [3.63, 3.8) is 0 Å². The Morgan fingerprint density at radius 2 is 1.28 bits per heavy atom. The molecule has 20 heteroatoms. The highest BCUT2D eigenvalue weighted by molar-refractivity contribution is 9.10. The van der Waals surface area contributed by atoms with Crippen molar-refractivity contribution in [2.45, 2.75) is 189 Å². The van der Waals surface area contributed by atoms with Crippen LogP contribution in [-0.4, -0.2) is 125 Å². The van der Waals surface area contributed by atoms with E-state index in [0.29, 0.717) is 53.7 Å². The zero-order valence-corrected chi connectivity index (χ0v) is 47.6. The lowest BCUT2D eigenvalue weighted by Crippen LogP contribution is -2.55. The molecule has 3 aromatic rings. The Morgan fingerprint density at radius 3 is 1.74 bits per heavy atom. The minimum Gasteiger partial charge on any atom is -0.444 e. The van der Waals surface area contributed by atoms with Crippen LogP contribution in [0.25, 0.3) is 16.8 Å². The lowest BCUT2D eigenvalue weighted by atomic mass is 9.85. The molecular formula is C48H79BrN8O9Si2. The number of amides is 4. The first-order chi connectivity index (χ1) is 31.2. The summed E-state index contributed by atoms with van der Waals surface area (Å²) in [6.07, 6.45) is 1.97. The molecular weight excluding hydrogens is 969 g/mol. The van der Waals surface area contributed by atoms with Gasteiger partial charge in [-0.1, -0.05) is 46.2 Å². The van der Waals surface area contributed by atoms with E-state index in [4.69, 9.17) is 33.8 Å². The Bertz CT molecular complexity index is 2190. The smallest absolute Gasteiger partial charge is 0.437 e. The summed E-state index contributed by atoms with van der Waals surface area (Å²) in [6, 6.07) is 4.92. The Morgan fingerprint density at radius 1 is 0.765 bits per heavy atom. The highest BCUT2D eigenvalue weighted by Crippen LogP contribution is 2.43. The topological polar surface area (TPSA) is 170 Å². The number of anilines is 2. The summed E-state index contributed by atoms with van der Waals surface area (Å²) in [4.78, 5) is 68.5. The van der Waals surface area contributed by atoms with Gasteiger partial charge in [-0.25, -0.2) is 24.4 Å². The molecule has 0 bridgehead atoms. The third-order valence-corrected chi connectivity index (χ3v) is 14.9. The van der Waals surface area contributed by atoms with E-state index in [1.165, 1.54) is 12.3 Å². The third-order valence-electron chi connectivity index (χ3n) is 10.7. The molecule has 1 fully saturated rings. The predicted octanol–water partition coefficient (Wildman–Crippen LogP) is 11.7. The lowest BCUT2D eigenvalue weighted by molar-refractivity contribution is -0.130. The molecule has 0 N–H and O–H groups in total. The third kappa shape index (κ3) is 16.0. The number of imide groups is 1. The number of hydrazine groups is 1. The molecule has 17 nitrogen and oxygen atoms in total. The number of carbonyl (C=O) groups excluding carboxylic acids is 4. The first kappa shape index (κ1) is 56.5. The van der Waals surface area contributed by atoms with Gasteiger partial charge in [-0.15, -0.1) is 5.01 Å². The minimum absolute atomic E-state index is 0.0546. The van der Waals surface area contributed by atoms with Gasteiger partial charge < -0.3 is 33.5 Å². The second kappa shape index (κ2) is 22.3. The highest BCUT2D eigenvalue weighted by atomic mass is 79.9. The van der Waals surface area contributed by atoms with Crippen LogP contribution >= 0.6 is 15.9 Å². The van der Waals surface area contributed by atoms with Gasteiger partial charge in [-0.2, -0.15) is 14.6 Å². The molecule has 3 aromatic heterocycles. The molecule has 380 valence electrons. The van der Waals surface area contributed by atoms with Gasteiger partial charge in [0.25, 0.3) is 5.91 Å². The van der Waals surface area contributed by atoms with Gasteiger partial charge in [0, 0.05) is 71.1 Å². The maximum Gasteiger partial charge on any atom is 0.437 e. The highest BCUT2D eigenvalue weighted by Gasteiger charge is 2.41. The van der Waals surface area contributed by atoms with Crippen molar-refractivity contribution in [1.29, 1.82) is 0 Å². The summed E-state index contributed by atoms with van der Waals surface area (Å²) in [5.41, 5.74) is -0.0658. The van der Waals surface area contributed by atoms with Gasteiger partial charge in [-0.05, 0) is 129 Å². The number of hydrogen-bond acceptors (Lipinski definition) is 13. The normalized spacial score (nSPS) is 17.2. The van der Waals surface area contributed by atoms with Gasteiger partial charge in [0.1, 0.15) is 30.3 Å². The van der Waals surface area contributed by atoms with E-state index in [0.717, 1.165) is 27.3 Å². The van der Waals surface area contributed by atoms with Gasteiger partial charge in [0.15, 0.2) is 17.3 Å². The Balaban J connectivity index is 1.92. The van der Waals surface area contributed by atoms with Crippen LogP contribution in [-0.2, 0) is 28.5 Å². The summed E-state index contributed by atoms with van der Waals surface area (Å²) in [5.74, 6) is -0.146. The number of piperidine rings is 1. The molecule has 0 radical (unpaired) electrons. The molecule has 0 aromatic carbocycles. The summed E-state index contributed by atoms with van der Waals surface area (Å²) < 4.78 is 32.5. The van der Waals surface area contributed by atoms with Crippen LogP contribution in [0.15, 0.2) is 29.0 Å². The van der Waals surface area contributed by atoms with E-state index in [-0.39, 0.29) is 49.8 Å². The average molecular weight is 1050 g/mol. The largest absolute Gasteiger partial charge is 0.444 e. The van der Waals surface area contributed by atoms with Crippen LogP contribution in [0.3, 0.4) is 0 Å². The summed E-state index contributed by atoms with van der Waals surface area (Å²) >= 11 is 4.03. The number of ether oxygens (including phenoxy) is 5. The van der Waals surface area contributed by atoms with Crippen molar-refractivity contribution in [2.24, 2.45) is 0 Å².